The van der Waals surface area contributed by atoms with Gasteiger partial charge >= 0.3 is 6.09 Å². The van der Waals surface area contributed by atoms with E-state index in [1.807, 2.05) is 31.2 Å². The Morgan fingerprint density at radius 2 is 1.88 bits per heavy atom. The van der Waals surface area contributed by atoms with Crippen molar-refractivity contribution in [2.45, 2.75) is 45.6 Å². The number of benzene rings is 1. The molecule has 6 heteroatoms. The number of nitrogens with zero attached hydrogens (tertiary/aromatic N) is 1. The molecule has 0 spiro atoms. The largest absolute Gasteiger partial charge is 0.494 e. The molecular formula is C19H28N2O4. The van der Waals surface area contributed by atoms with E-state index in [4.69, 9.17) is 9.47 Å². The number of carbonyl (C=O) groups is 2. The second-order valence-electron chi connectivity index (χ2n) is 6.29. The second kappa shape index (κ2) is 9.91. The molecule has 138 valence electrons. The maximum Gasteiger partial charge on any atom is 0.409 e. The van der Waals surface area contributed by atoms with E-state index in [9.17, 15) is 9.59 Å². The number of rotatable bonds is 7. The zero-order valence-corrected chi connectivity index (χ0v) is 15.1. The molecule has 0 bridgehead atoms. The number of piperidine rings is 1. The third-order valence-corrected chi connectivity index (χ3v) is 4.22. The molecule has 1 fully saturated rings. The van der Waals surface area contributed by atoms with Gasteiger partial charge in [-0.25, -0.2) is 4.79 Å². The lowest BCUT2D eigenvalue weighted by molar-refractivity contribution is -0.122. The minimum Gasteiger partial charge on any atom is -0.494 e. The fourth-order valence-electron chi connectivity index (χ4n) is 2.78. The van der Waals surface area contributed by atoms with E-state index in [1.165, 1.54) is 5.56 Å². The number of carbonyl (C=O) groups excluding carboxylic acids is 2. The van der Waals surface area contributed by atoms with Gasteiger partial charge < -0.3 is 19.7 Å². The molecule has 0 saturated carbocycles. The lowest BCUT2D eigenvalue weighted by atomic mass is 10.1. The molecule has 25 heavy (non-hydrogen) atoms. The summed E-state index contributed by atoms with van der Waals surface area (Å²) in [5.41, 5.74) is 1.20. The van der Waals surface area contributed by atoms with Crippen molar-refractivity contribution < 1.29 is 19.1 Å². The monoisotopic (exact) mass is 348 g/mol. The van der Waals surface area contributed by atoms with Crippen LogP contribution >= 0.6 is 0 Å². The van der Waals surface area contributed by atoms with E-state index in [-0.39, 0.29) is 18.0 Å². The van der Waals surface area contributed by atoms with Gasteiger partial charge in [-0.15, -0.1) is 0 Å². The molecular weight excluding hydrogens is 320 g/mol. The van der Waals surface area contributed by atoms with Crippen LogP contribution in [0.1, 0.15) is 38.2 Å². The van der Waals surface area contributed by atoms with Crippen molar-refractivity contribution in [1.82, 2.24) is 10.2 Å². The molecule has 1 aromatic carbocycles. The standard InChI is InChI=1S/C19H28N2O4/c1-3-24-19(23)21-12-10-16(11-13-21)20-18(22)5-4-14-25-17-8-6-15(2)7-9-17/h6-9,16H,3-5,10-14H2,1-2H3,(H,20,22). The molecule has 1 aliphatic rings. The summed E-state index contributed by atoms with van der Waals surface area (Å²) < 4.78 is 10.6. The zero-order valence-electron chi connectivity index (χ0n) is 15.1. The van der Waals surface area contributed by atoms with Crippen molar-refractivity contribution in [3.05, 3.63) is 29.8 Å². The van der Waals surface area contributed by atoms with Gasteiger partial charge in [-0.1, -0.05) is 17.7 Å². The highest BCUT2D eigenvalue weighted by Gasteiger charge is 2.24. The fourth-order valence-corrected chi connectivity index (χ4v) is 2.78. The SMILES string of the molecule is CCOC(=O)N1CCC(NC(=O)CCCOc2ccc(C)cc2)CC1. The summed E-state index contributed by atoms with van der Waals surface area (Å²) in [6.07, 6.45) is 2.40. The highest BCUT2D eigenvalue weighted by atomic mass is 16.6. The molecule has 1 saturated heterocycles. The molecule has 0 atom stereocenters. The first-order valence-corrected chi connectivity index (χ1v) is 8.99. The molecule has 0 aliphatic carbocycles. The van der Waals surface area contributed by atoms with Crippen LogP contribution in [0.25, 0.3) is 0 Å². The predicted molar refractivity (Wildman–Crippen MR) is 95.7 cm³/mol. The fraction of sp³-hybridized carbons (Fsp3) is 0.579. The summed E-state index contributed by atoms with van der Waals surface area (Å²) in [7, 11) is 0. The van der Waals surface area contributed by atoms with Crippen molar-refractivity contribution in [3.63, 3.8) is 0 Å². The number of amides is 2. The van der Waals surface area contributed by atoms with E-state index in [0.29, 0.717) is 39.1 Å². The quantitative estimate of drug-likeness (QED) is 0.770. The van der Waals surface area contributed by atoms with E-state index >= 15 is 0 Å². The van der Waals surface area contributed by atoms with Gasteiger partial charge in [-0.3, -0.25) is 4.79 Å². The highest BCUT2D eigenvalue weighted by Crippen LogP contribution is 2.13. The minimum atomic E-state index is -0.263. The van der Waals surface area contributed by atoms with Crippen molar-refractivity contribution in [1.29, 1.82) is 0 Å². The molecule has 1 aliphatic heterocycles. The number of hydrogen-bond donors (Lipinski definition) is 1. The van der Waals surface area contributed by atoms with Gasteiger partial charge in [0.2, 0.25) is 5.91 Å². The number of aryl methyl sites for hydroxylation is 1. The summed E-state index contributed by atoms with van der Waals surface area (Å²) in [5.74, 6) is 0.874. The van der Waals surface area contributed by atoms with Gasteiger partial charge in [0.15, 0.2) is 0 Å². The van der Waals surface area contributed by atoms with Gasteiger partial charge in [-0.05, 0) is 45.2 Å². The summed E-state index contributed by atoms with van der Waals surface area (Å²) in [6, 6.07) is 8.02. The summed E-state index contributed by atoms with van der Waals surface area (Å²) in [6.45, 7) is 6.00. The first-order chi connectivity index (χ1) is 12.1. The van der Waals surface area contributed by atoms with Crippen LogP contribution in [-0.4, -0.2) is 49.2 Å². The smallest absolute Gasteiger partial charge is 0.409 e. The summed E-state index contributed by atoms with van der Waals surface area (Å²) in [5, 5.41) is 3.04. The third-order valence-electron chi connectivity index (χ3n) is 4.22. The molecule has 1 aromatic rings. The second-order valence-corrected chi connectivity index (χ2v) is 6.29. The number of hydrogen-bond acceptors (Lipinski definition) is 4. The Kier molecular flexibility index (Phi) is 7.57. The first kappa shape index (κ1) is 19.1. The van der Waals surface area contributed by atoms with Gasteiger partial charge in [0.25, 0.3) is 0 Å². The number of likely N-dealkylation sites (tertiary alicyclic amines) is 1. The zero-order chi connectivity index (χ0) is 18.1. The summed E-state index contributed by atoms with van der Waals surface area (Å²) >= 11 is 0. The van der Waals surface area contributed by atoms with E-state index in [1.54, 1.807) is 11.8 Å². The van der Waals surface area contributed by atoms with Crippen molar-refractivity contribution >= 4 is 12.0 Å². The van der Waals surface area contributed by atoms with Gasteiger partial charge in [-0.2, -0.15) is 0 Å². The molecule has 1 heterocycles. The van der Waals surface area contributed by atoms with Crippen LogP contribution in [-0.2, 0) is 9.53 Å². The van der Waals surface area contributed by atoms with Crippen LogP contribution in [0, 0.1) is 6.92 Å². The van der Waals surface area contributed by atoms with Crippen LogP contribution in [0.15, 0.2) is 24.3 Å². The van der Waals surface area contributed by atoms with Crippen LogP contribution < -0.4 is 10.1 Å². The van der Waals surface area contributed by atoms with Crippen molar-refractivity contribution in [3.8, 4) is 5.75 Å². The summed E-state index contributed by atoms with van der Waals surface area (Å²) in [4.78, 5) is 25.3. The van der Waals surface area contributed by atoms with E-state index in [0.717, 1.165) is 18.6 Å². The third kappa shape index (κ3) is 6.64. The van der Waals surface area contributed by atoms with Crippen molar-refractivity contribution in [2.75, 3.05) is 26.3 Å². The molecule has 0 radical (unpaired) electrons. The van der Waals surface area contributed by atoms with Crippen LogP contribution in [0.3, 0.4) is 0 Å². The van der Waals surface area contributed by atoms with E-state index < -0.39 is 0 Å². The Hall–Kier alpha value is -2.24. The average molecular weight is 348 g/mol. The Balaban J connectivity index is 1.58. The predicted octanol–water partition coefficient (Wildman–Crippen LogP) is 2.89. The Labute approximate surface area is 149 Å². The van der Waals surface area contributed by atoms with Gasteiger partial charge in [0.05, 0.1) is 13.2 Å². The molecule has 6 nitrogen and oxygen atoms in total. The van der Waals surface area contributed by atoms with Crippen molar-refractivity contribution in [2.24, 2.45) is 0 Å². The van der Waals surface area contributed by atoms with E-state index in [2.05, 4.69) is 5.32 Å². The molecule has 2 amide bonds. The first-order valence-electron chi connectivity index (χ1n) is 8.99. The molecule has 2 rings (SSSR count). The highest BCUT2D eigenvalue weighted by molar-refractivity contribution is 5.76. The Morgan fingerprint density at radius 1 is 1.20 bits per heavy atom. The minimum absolute atomic E-state index is 0.0436. The molecule has 0 aromatic heterocycles. The number of nitrogens with one attached hydrogen (secondary N) is 1. The number of ether oxygens (including phenoxy) is 2. The molecule has 0 unspecified atom stereocenters. The lowest BCUT2D eigenvalue weighted by Crippen LogP contribution is -2.46. The topological polar surface area (TPSA) is 67.9 Å². The maximum atomic E-state index is 12.0. The molecule has 1 N–H and O–H groups in total. The maximum absolute atomic E-state index is 12.0. The normalized spacial score (nSPS) is 14.9. The average Bonchev–Trinajstić information content (AvgIpc) is 2.61. The lowest BCUT2D eigenvalue weighted by Gasteiger charge is -2.31. The van der Waals surface area contributed by atoms with Crippen LogP contribution in [0.4, 0.5) is 4.79 Å². The van der Waals surface area contributed by atoms with Gasteiger partial charge in [0.1, 0.15) is 5.75 Å². The van der Waals surface area contributed by atoms with Crippen LogP contribution in [0.5, 0.6) is 5.75 Å². The Morgan fingerprint density at radius 3 is 2.52 bits per heavy atom. The Bertz CT molecular complexity index is 551. The van der Waals surface area contributed by atoms with Crippen LogP contribution in [0.2, 0.25) is 0 Å². The van der Waals surface area contributed by atoms with Gasteiger partial charge in [0, 0.05) is 25.6 Å².